The Balaban J connectivity index is 1.98. The van der Waals surface area contributed by atoms with Crippen LogP contribution in [0.25, 0.3) is 10.9 Å². The van der Waals surface area contributed by atoms with Gasteiger partial charge in [-0.3, -0.25) is 9.89 Å². The third kappa shape index (κ3) is 2.36. The van der Waals surface area contributed by atoms with Crippen molar-refractivity contribution in [3.8, 4) is 0 Å². The van der Waals surface area contributed by atoms with Gasteiger partial charge >= 0.3 is 0 Å². The Morgan fingerprint density at radius 2 is 1.22 bits per heavy atom. The van der Waals surface area contributed by atoms with E-state index in [9.17, 15) is 4.79 Å². The first-order valence-electron chi connectivity index (χ1n) is 7.64. The van der Waals surface area contributed by atoms with Gasteiger partial charge in [-0.05, 0) is 23.3 Å². The molecule has 1 aromatic heterocycles. The Kier molecular flexibility index (Phi) is 3.31. The SMILES string of the molecule is O=c1c2ccccc2[nH]n1C(c1ccccc1)c1ccccc1. The Morgan fingerprint density at radius 3 is 1.78 bits per heavy atom. The number of H-pyrrole nitrogens is 1. The van der Waals surface area contributed by atoms with Crippen molar-refractivity contribution in [2.75, 3.05) is 0 Å². The molecule has 0 saturated carbocycles. The van der Waals surface area contributed by atoms with Gasteiger partial charge < -0.3 is 0 Å². The van der Waals surface area contributed by atoms with Crippen LogP contribution in [-0.4, -0.2) is 9.78 Å². The predicted molar refractivity (Wildman–Crippen MR) is 92.7 cm³/mol. The molecule has 0 aliphatic carbocycles. The van der Waals surface area contributed by atoms with E-state index in [2.05, 4.69) is 29.4 Å². The lowest BCUT2D eigenvalue weighted by Crippen LogP contribution is -2.24. The molecule has 3 heteroatoms. The largest absolute Gasteiger partial charge is 0.294 e. The quantitative estimate of drug-likeness (QED) is 0.611. The third-order valence-electron chi connectivity index (χ3n) is 4.11. The monoisotopic (exact) mass is 300 g/mol. The summed E-state index contributed by atoms with van der Waals surface area (Å²) in [6.45, 7) is 0. The summed E-state index contributed by atoms with van der Waals surface area (Å²) in [5.74, 6) is 0. The molecular formula is C20H16N2O. The molecule has 1 N–H and O–H groups in total. The summed E-state index contributed by atoms with van der Waals surface area (Å²) in [5.41, 5.74) is 3.01. The number of fused-ring (bicyclic) bond motifs is 1. The van der Waals surface area contributed by atoms with E-state index in [1.165, 1.54) is 0 Å². The summed E-state index contributed by atoms with van der Waals surface area (Å²) in [6.07, 6.45) is 0. The van der Waals surface area contributed by atoms with Gasteiger partial charge in [0.2, 0.25) is 0 Å². The number of hydrogen-bond acceptors (Lipinski definition) is 1. The van der Waals surface area contributed by atoms with Crippen molar-refractivity contribution in [2.45, 2.75) is 6.04 Å². The van der Waals surface area contributed by atoms with Crippen LogP contribution in [0.15, 0.2) is 89.7 Å². The Hall–Kier alpha value is -3.07. The number of aromatic nitrogens is 2. The van der Waals surface area contributed by atoms with E-state index in [0.29, 0.717) is 5.39 Å². The fourth-order valence-electron chi connectivity index (χ4n) is 3.02. The molecule has 0 bridgehead atoms. The van der Waals surface area contributed by atoms with E-state index >= 15 is 0 Å². The van der Waals surface area contributed by atoms with E-state index < -0.39 is 0 Å². The summed E-state index contributed by atoms with van der Waals surface area (Å²) in [4.78, 5) is 12.8. The number of nitrogens with one attached hydrogen (secondary N) is 1. The molecule has 1 heterocycles. The first-order chi connectivity index (χ1) is 11.3. The minimum Gasteiger partial charge on any atom is -0.294 e. The second kappa shape index (κ2) is 5.61. The number of benzene rings is 3. The maximum atomic E-state index is 12.8. The molecule has 0 unspecified atom stereocenters. The molecule has 0 aliphatic rings. The predicted octanol–water partition coefficient (Wildman–Crippen LogP) is 3.97. The third-order valence-corrected chi connectivity index (χ3v) is 4.11. The van der Waals surface area contributed by atoms with Gasteiger partial charge in [-0.1, -0.05) is 72.8 Å². The number of hydrogen-bond donors (Lipinski definition) is 1. The molecule has 3 nitrogen and oxygen atoms in total. The molecule has 0 saturated heterocycles. The van der Waals surface area contributed by atoms with Gasteiger partial charge in [-0.25, -0.2) is 4.68 Å². The minimum atomic E-state index is -0.169. The standard InChI is InChI=1S/C20H16N2O/c23-20-17-13-7-8-14-18(17)21-22(20)19(15-9-3-1-4-10-15)16-11-5-2-6-12-16/h1-14,19,21H. The van der Waals surface area contributed by atoms with Crippen LogP contribution in [0.5, 0.6) is 0 Å². The summed E-state index contributed by atoms with van der Waals surface area (Å²) >= 11 is 0. The van der Waals surface area contributed by atoms with E-state index in [1.54, 1.807) is 4.68 Å². The van der Waals surface area contributed by atoms with Gasteiger partial charge in [0.05, 0.1) is 10.9 Å². The van der Waals surface area contributed by atoms with Crippen LogP contribution in [0.2, 0.25) is 0 Å². The summed E-state index contributed by atoms with van der Waals surface area (Å²) < 4.78 is 1.72. The molecule has 0 amide bonds. The van der Waals surface area contributed by atoms with Crippen molar-refractivity contribution < 1.29 is 0 Å². The van der Waals surface area contributed by atoms with Crippen molar-refractivity contribution >= 4 is 10.9 Å². The highest BCUT2D eigenvalue weighted by atomic mass is 16.1. The van der Waals surface area contributed by atoms with Crippen LogP contribution in [0, 0.1) is 0 Å². The number of para-hydroxylation sites is 1. The van der Waals surface area contributed by atoms with E-state index in [1.807, 2.05) is 60.7 Å². The van der Waals surface area contributed by atoms with E-state index in [4.69, 9.17) is 0 Å². The average Bonchev–Trinajstić information content (AvgIpc) is 2.94. The zero-order valence-corrected chi connectivity index (χ0v) is 12.5. The first-order valence-corrected chi connectivity index (χ1v) is 7.64. The molecule has 0 atom stereocenters. The number of nitrogens with zero attached hydrogens (tertiary/aromatic N) is 1. The van der Waals surface area contributed by atoms with Crippen LogP contribution >= 0.6 is 0 Å². The molecule has 3 aromatic carbocycles. The second-order valence-electron chi connectivity index (χ2n) is 5.56. The molecule has 112 valence electrons. The lowest BCUT2D eigenvalue weighted by atomic mass is 9.99. The van der Waals surface area contributed by atoms with E-state index in [-0.39, 0.29) is 11.6 Å². The highest BCUT2D eigenvalue weighted by molar-refractivity contribution is 5.77. The molecule has 0 spiro atoms. The van der Waals surface area contributed by atoms with Gasteiger partial charge in [0, 0.05) is 0 Å². The molecule has 0 aliphatic heterocycles. The van der Waals surface area contributed by atoms with Crippen molar-refractivity contribution in [3.05, 3.63) is 106 Å². The maximum absolute atomic E-state index is 12.8. The molecular weight excluding hydrogens is 284 g/mol. The van der Waals surface area contributed by atoms with E-state index in [0.717, 1.165) is 16.6 Å². The van der Waals surface area contributed by atoms with Crippen LogP contribution in [0.3, 0.4) is 0 Å². The second-order valence-corrected chi connectivity index (χ2v) is 5.56. The smallest absolute Gasteiger partial charge is 0.275 e. The lowest BCUT2D eigenvalue weighted by Gasteiger charge is -2.18. The first kappa shape index (κ1) is 13.6. The van der Waals surface area contributed by atoms with Gasteiger partial charge in [0.25, 0.3) is 5.56 Å². The van der Waals surface area contributed by atoms with Gasteiger partial charge in [0.15, 0.2) is 0 Å². The zero-order chi connectivity index (χ0) is 15.6. The fourth-order valence-corrected chi connectivity index (χ4v) is 3.02. The normalized spacial score (nSPS) is 11.2. The molecule has 4 rings (SSSR count). The van der Waals surface area contributed by atoms with Crippen LogP contribution < -0.4 is 5.56 Å². The number of aromatic amines is 1. The summed E-state index contributed by atoms with van der Waals surface area (Å²) in [6, 6.07) is 27.6. The van der Waals surface area contributed by atoms with Gasteiger partial charge in [0.1, 0.15) is 6.04 Å². The highest BCUT2D eigenvalue weighted by Gasteiger charge is 2.19. The molecule has 0 radical (unpaired) electrons. The Morgan fingerprint density at radius 1 is 0.696 bits per heavy atom. The van der Waals surface area contributed by atoms with Crippen molar-refractivity contribution in [1.82, 2.24) is 9.78 Å². The van der Waals surface area contributed by atoms with Crippen molar-refractivity contribution in [1.29, 1.82) is 0 Å². The summed E-state index contributed by atoms with van der Waals surface area (Å²) in [5, 5.41) is 3.98. The fraction of sp³-hybridized carbons (Fsp3) is 0.0500. The topological polar surface area (TPSA) is 37.8 Å². The molecule has 23 heavy (non-hydrogen) atoms. The van der Waals surface area contributed by atoms with Crippen molar-refractivity contribution in [2.24, 2.45) is 0 Å². The van der Waals surface area contributed by atoms with Crippen LogP contribution in [0.4, 0.5) is 0 Å². The van der Waals surface area contributed by atoms with Crippen molar-refractivity contribution in [3.63, 3.8) is 0 Å². The number of rotatable bonds is 3. The van der Waals surface area contributed by atoms with Gasteiger partial charge in [-0.2, -0.15) is 0 Å². The minimum absolute atomic E-state index is 0.00157. The van der Waals surface area contributed by atoms with Crippen LogP contribution in [0.1, 0.15) is 17.2 Å². The Labute approximate surface area is 133 Å². The Bertz CT molecular complexity index is 945. The lowest BCUT2D eigenvalue weighted by molar-refractivity contribution is 0.583. The summed E-state index contributed by atoms with van der Waals surface area (Å²) in [7, 11) is 0. The van der Waals surface area contributed by atoms with Gasteiger partial charge in [-0.15, -0.1) is 0 Å². The zero-order valence-electron chi connectivity index (χ0n) is 12.5. The molecule has 0 fully saturated rings. The van der Waals surface area contributed by atoms with Crippen LogP contribution in [-0.2, 0) is 0 Å². The average molecular weight is 300 g/mol. The highest BCUT2D eigenvalue weighted by Crippen LogP contribution is 2.25. The maximum Gasteiger partial charge on any atom is 0.275 e. The molecule has 4 aromatic rings.